The minimum atomic E-state index is -1.99. The number of hydrogen-bond acceptors (Lipinski definition) is 4. The summed E-state index contributed by atoms with van der Waals surface area (Å²) in [5.74, 6) is -1.25. The fraction of sp³-hybridized carbons (Fsp3) is 0.812. The van der Waals surface area contributed by atoms with E-state index in [0.29, 0.717) is 15.8 Å². The Morgan fingerprint density at radius 1 is 0.880 bits per heavy atom. The number of carbonyl (C=O) groups is 1. The molecule has 1 N–H and O–H groups in total. The highest BCUT2D eigenvalue weighted by Gasteiger charge is 2.54. The second-order valence-electron chi connectivity index (χ2n) is 9.86. The van der Waals surface area contributed by atoms with Crippen LogP contribution in [0, 0.1) is 0 Å². The van der Waals surface area contributed by atoms with Gasteiger partial charge in [-0.05, 0) is 72.8 Å². The van der Waals surface area contributed by atoms with E-state index in [0.717, 1.165) is 0 Å². The predicted octanol–water partition coefficient (Wildman–Crippen LogP) is 2.97. The van der Waals surface area contributed by atoms with Crippen LogP contribution in [0.25, 0.3) is 0 Å². The molecule has 1 amide bonds. The standard InChI is InChI=1S/C16H39NO4Si4/c1-13(2)14(18)17-16(22,21-25(10,11)12)15(3,19-23(4,5)6)20-24(7,8)9/h1H2,2-12,22H3,(H,17,18). The van der Waals surface area contributed by atoms with Crippen molar-refractivity contribution in [3.05, 3.63) is 12.2 Å². The average Bonchev–Trinajstić information content (AvgIpc) is 2.19. The van der Waals surface area contributed by atoms with Crippen molar-refractivity contribution >= 4 is 41.1 Å². The third-order valence-electron chi connectivity index (χ3n) is 3.12. The Morgan fingerprint density at radius 2 is 1.20 bits per heavy atom. The molecule has 0 saturated heterocycles. The highest BCUT2D eigenvalue weighted by molar-refractivity contribution is 6.71. The Hall–Kier alpha value is -0.0425. The first-order valence-corrected chi connectivity index (χ1v) is 20.0. The van der Waals surface area contributed by atoms with Crippen molar-refractivity contribution < 1.29 is 18.1 Å². The number of carbonyl (C=O) groups excluding carboxylic acids is 1. The molecule has 0 bridgehead atoms. The molecule has 0 heterocycles. The summed E-state index contributed by atoms with van der Waals surface area (Å²) >= 11 is 0. The van der Waals surface area contributed by atoms with Gasteiger partial charge in [0.25, 0.3) is 0 Å². The van der Waals surface area contributed by atoms with Crippen LogP contribution in [0.2, 0.25) is 58.9 Å². The lowest BCUT2D eigenvalue weighted by molar-refractivity contribution is -0.208. The molecule has 0 radical (unpaired) electrons. The maximum atomic E-state index is 12.5. The molecule has 9 heteroatoms. The minimum Gasteiger partial charge on any atom is -0.395 e. The summed E-state index contributed by atoms with van der Waals surface area (Å²) in [6, 6.07) is 0. The average molecular weight is 422 g/mol. The van der Waals surface area contributed by atoms with Gasteiger partial charge in [-0.2, -0.15) is 0 Å². The highest BCUT2D eigenvalue weighted by atomic mass is 28.4. The van der Waals surface area contributed by atoms with Gasteiger partial charge in [0.2, 0.25) is 5.91 Å². The van der Waals surface area contributed by atoms with Gasteiger partial charge >= 0.3 is 0 Å². The van der Waals surface area contributed by atoms with Crippen LogP contribution in [0.1, 0.15) is 13.8 Å². The molecule has 0 aliphatic rings. The Morgan fingerprint density at radius 3 is 1.44 bits per heavy atom. The molecule has 0 saturated carbocycles. The number of amides is 1. The number of hydrogen-bond donors (Lipinski definition) is 1. The molecule has 0 aromatic carbocycles. The monoisotopic (exact) mass is 421 g/mol. The predicted molar refractivity (Wildman–Crippen MR) is 117 cm³/mol. The summed E-state index contributed by atoms with van der Waals surface area (Å²) in [7, 11) is -5.42. The van der Waals surface area contributed by atoms with Crippen LogP contribution in [0.15, 0.2) is 12.2 Å². The van der Waals surface area contributed by atoms with E-state index in [-0.39, 0.29) is 5.91 Å². The summed E-state index contributed by atoms with van der Waals surface area (Å²) in [5.41, 5.74) is 0.447. The molecule has 1 atom stereocenters. The molecule has 5 nitrogen and oxygen atoms in total. The Bertz CT molecular complexity index is 490. The van der Waals surface area contributed by atoms with Crippen molar-refractivity contribution in [1.82, 2.24) is 5.32 Å². The zero-order chi connectivity index (χ0) is 20.5. The van der Waals surface area contributed by atoms with Crippen molar-refractivity contribution in [2.45, 2.75) is 83.9 Å². The van der Waals surface area contributed by atoms with Crippen LogP contribution < -0.4 is 5.32 Å². The summed E-state index contributed by atoms with van der Waals surface area (Å²) in [6.07, 6.45) is 0. The third-order valence-corrected chi connectivity index (χ3v) is 7.91. The Balaban J connectivity index is 6.21. The van der Waals surface area contributed by atoms with Crippen LogP contribution >= 0.6 is 0 Å². The van der Waals surface area contributed by atoms with Crippen molar-refractivity contribution in [3.63, 3.8) is 0 Å². The van der Waals surface area contributed by atoms with Gasteiger partial charge in [-0.1, -0.05) is 6.58 Å². The van der Waals surface area contributed by atoms with Gasteiger partial charge < -0.3 is 18.6 Å². The largest absolute Gasteiger partial charge is 0.395 e. The van der Waals surface area contributed by atoms with Gasteiger partial charge in [0.1, 0.15) is 0 Å². The van der Waals surface area contributed by atoms with E-state index in [1.807, 2.05) is 6.92 Å². The quantitative estimate of drug-likeness (QED) is 0.353. The number of rotatable bonds is 9. The van der Waals surface area contributed by atoms with E-state index < -0.39 is 36.1 Å². The lowest BCUT2D eigenvalue weighted by Crippen LogP contribution is -2.73. The third kappa shape index (κ3) is 8.93. The molecular weight excluding hydrogens is 383 g/mol. The smallest absolute Gasteiger partial charge is 0.248 e. The van der Waals surface area contributed by atoms with Crippen LogP contribution in [-0.2, 0) is 18.1 Å². The first kappa shape index (κ1) is 25.0. The molecule has 25 heavy (non-hydrogen) atoms. The van der Waals surface area contributed by atoms with Crippen molar-refractivity contribution in [2.75, 3.05) is 0 Å². The van der Waals surface area contributed by atoms with Crippen molar-refractivity contribution in [1.29, 1.82) is 0 Å². The molecule has 148 valence electrons. The second kappa shape index (κ2) is 7.91. The fourth-order valence-corrected chi connectivity index (χ4v) is 9.58. The van der Waals surface area contributed by atoms with Gasteiger partial charge in [0.05, 0.1) is 10.2 Å². The normalized spacial score (nSPS) is 16.4. The molecular formula is C16H39NO4Si4. The Kier molecular flexibility index (Phi) is 7.90. The molecule has 0 spiro atoms. The number of nitrogens with one attached hydrogen (secondary N) is 1. The lowest BCUT2D eigenvalue weighted by Gasteiger charge is -2.53. The molecule has 0 aromatic heterocycles. The fourth-order valence-electron chi connectivity index (χ4n) is 2.55. The molecule has 1 unspecified atom stereocenters. The first-order chi connectivity index (χ1) is 10.7. The van der Waals surface area contributed by atoms with E-state index in [2.05, 4.69) is 70.8 Å². The molecule has 0 rings (SSSR count). The van der Waals surface area contributed by atoms with Crippen LogP contribution in [-0.4, -0.2) is 52.2 Å². The summed E-state index contributed by atoms with van der Waals surface area (Å²) in [6.45, 7) is 26.4. The maximum absolute atomic E-state index is 12.5. The van der Waals surface area contributed by atoms with Crippen LogP contribution in [0.4, 0.5) is 0 Å². The lowest BCUT2D eigenvalue weighted by atomic mass is 10.2. The topological polar surface area (TPSA) is 56.8 Å². The van der Waals surface area contributed by atoms with Crippen molar-refractivity contribution in [2.24, 2.45) is 0 Å². The van der Waals surface area contributed by atoms with Crippen molar-refractivity contribution in [3.8, 4) is 0 Å². The second-order valence-corrected chi connectivity index (χ2v) is 24.6. The van der Waals surface area contributed by atoms with Gasteiger partial charge in [0, 0.05) is 5.57 Å². The SMILES string of the molecule is C=C(C)C(=O)NC([SiH3])(O[Si](C)(C)C)C(C)(O[Si](C)(C)C)O[Si](C)(C)C. The molecule has 0 aliphatic carbocycles. The zero-order valence-electron chi connectivity index (χ0n) is 18.3. The summed E-state index contributed by atoms with van der Waals surface area (Å²) in [4.78, 5) is 12.5. The van der Waals surface area contributed by atoms with Crippen LogP contribution in [0.5, 0.6) is 0 Å². The van der Waals surface area contributed by atoms with Gasteiger partial charge in [-0.25, -0.2) is 0 Å². The molecule has 0 fully saturated rings. The zero-order valence-corrected chi connectivity index (χ0v) is 23.3. The van der Waals surface area contributed by atoms with E-state index in [9.17, 15) is 4.79 Å². The van der Waals surface area contributed by atoms with Gasteiger partial charge in [-0.3, -0.25) is 4.79 Å². The van der Waals surface area contributed by atoms with E-state index in [4.69, 9.17) is 13.3 Å². The maximum Gasteiger partial charge on any atom is 0.248 e. The molecule has 0 aliphatic heterocycles. The van der Waals surface area contributed by atoms with E-state index >= 15 is 0 Å². The molecule has 0 aromatic rings. The Labute approximate surface area is 160 Å². The summed E-state index contributed by atoms with van der Waals surface area (Å²) in [5, 5.41) is 2.09. The minimum absolute atomic E-state index is 0.224. The van der Waals surface area contributed by atoms with E-state index in [1.165, 1.54) is 0 Å². The summed E-state index contributed by atoms with van der Waals surface area (Å²) < 4.78 is 19.6. The van der Waals surface area contributed by atoms with Gasteiger partial charge in [0.15, 0.2) is 36.1 Å². The first-order valence-electron chi connectivity index (χ1n) is 8.78. The van der Waals surface area contributed by atoms with Crippen LogP contribution in [0.3, 0.4) is 0 Å². The van der Waals surface area contributed by atoms with E-state index in [1.54, 1.807) is 6.92 Å². The van der Waals surface area contributed by atoms with Gasteiger partial charge in [-0.15, -0.1) is 0 Å². The highest BCUT2D eigenvalue weighted by Crippen LogP contribution is 2.35.